The van der Waals surface area contributed by atoms with Crippen molar-refractivity contribution in [3.63, 3.8) is 0 Å². The van der Waals surface area contributed by atoms with Gasteiger partial charge in [0.1, 0.15) is 22.6 Å². The average Bonchev–Trinajstić information content (AvgIpc) is 3.70. The van der Waals surface area contributed by atoms with Crippen molar-refractivity contribution >= 4 is 33.6 Å². The number of carbonyl (C=O) groups excluding carboxylic acids is 2. The van der Waals surface area contributed by atoms with Crippen LogP contribution in [0.15, 0.2) is 138 Å². The predicted octanol–water partition coefficient (Wildman–Crippen LogP) is 7.14. The Morgan fingerprint density at radius 2 is 1.23 bits per heavy atom. The van der Waals surface area contributed by atoms with E-state index in [0.29, 0.717) is 30.3 Å². The molecule has 6 heterocycles. The van der Waals surface area contributed by atoms with Gasteiger partial charge in [-0.1, -0.05) is 35.8 Å². The maximum atomic E-state index is 13.5. The van der Waals surface area contributed by atoms with E-state index in [2.05, 4.69) is 78.1 Å². The minimum atomic E-state index is -1.02. The number of nitrogens with one attached hydrogen (secondary N) is 2. The molecule has 8 aromatic rings. The van der Waals surface area contributed by atoms with Gasteiger partial charge in [-0.05, 0) is 136 Å². The maximum absolute atomic E-state index is 13.5. The molecule has 1 unspecified atom stereocenters. The number of hydrogen-bond donors (Lipinski definition) is 2. The highest BCUT2D eigenvalue weighted by molar-refractivity contribution is 5.94. The van der Waals surface area contributed by atoms with Crippen LogP contribution in [-0.4, -0.2) is 137 Å². The zero-order chi connectivity index (χ0) is 59.0. The molecule has 2 N–H and O–H groups in total. The fourth-order valence-electron chi connectivity index (χ4n) is 9.76. The van der Waals surface area contributed by atoms with E-state index in [1.807, 2.05) is 48.5 Å². The average molecular weight is 1140 g/mol. The van der Waals surface area contributed by atoms with Gasteiger partial charge >= 0.3 is 0 Å². The molecule has 2 amide bonds. The number of aromatic nitrogens is 5. The molecule has 4 aromatic heterocycles. The van der Waals surface area contributed by atoms with Crippen molar-refractivity contribution in [2.75, 3.05) is 86.2 Å². The number of benzene rings is 4. The summed E-state index contributed by atoms with van der Waals surface area (Å²) in [5.41, 5.74) is 2.43. The molecule has 0 saturated carbocycles. The normalized spacial score (nSPS) is 14.5. The fourth-order valence-corrected chi connectivity index (χ4v) is 9.76. The Morgan fingerprint density at radius 3 is 1.83 bits per heavy atom. The summed E-state index contributed by atoms with van der Waals surface area (Å²) in [6, 6.07) is 24.7. The SMILES string of the molecule is CN1CCCC(COc2ccnc3ccc(C#CCNC(=O)c4cccn(Cc5ccc(F)c(F)c5)c4=O)cc23)C1.CN1CCN(CCCOc2ccnc3ccc(C#CCNC(=O)c4cncn(Cc5ccc(F)c(F)c5)c4=O)cc23)CC1. The van der Waals surface area contributed by atoms with Gasteiger partial charge in [-0.15, -0.1) is 0 Å². The molecule has 432 valence electrons. The van der Waals surface area contributed by atoms with E-state index in [1.54, 1.807) is 18.5 Å². The van der Waals surface area contributed by atoms with Crippen LogP contribution >= 0.6 is 0 Å². The highest BCUT2D eigenvalue weighted by Crippen LogP contribution is 2.27. The standard InChI is InChI=1S/C32H32F2N6O3.C32H30F2N4O3/c1-38-13-15-39(16-14-38)12-3-17-43-30-9-11-36-29-8-6-23(18-25(29)30)4-2-10-37-31(41)26-20-35-22-40(32(26)42)21-24-5-7-27(33)28(34)19-24;1-37-15-3-6-24(19-37)21-41-30-12-14-35-29-11-9-22(17-26(29)30)5-2-13-36-31(39)25-7-4-16-38(32(25)40)20-23-8-10-27(33)28(34)18-23/h5-9,11,18-20,22H,3,10,12-17,21H2,1H3,(H,37,41);4,7-12,14,16-18,24H,3,6,13,15,19-21H2,1H3,(H,36,39). The highest BCUT2D eigenvalue weighted by Gasteiger charge is 2.20. The van der Waals surface area contributed by atoms with E-state index in [1.165, 1.54) is 41.7 Å². The predicted molar refractivity (Wildman–Crippen MR) is 312 cm³/mol. The topological polar surface area (TPSA) is 169 Å². The molecule has 2 aliphatic heterocycles. The highest BCUT2D eigenvalue weighted by atomic mass is 19.2. The molecular weight excluding hydrogens is 1080 g/mol. The van der Waals surface area contributed by atoms with Crippen LogP contribution in [0.4, 0.5) is 17.6 Å². The smallest absolute Gasteiger partial charge is 0.266 e. The Morgan fingerprint density at radius 1 is 0.643 bits per heavy atom. The summed E-state index contributed by atoms with van der Waals surface area (Å²) in [6.07, 6.45) is 10.6. The van der Waals surface area contributed by atoms with E-state index in [0.717, 1.165) is 138 Å². The first-order valence-electron chi connectivity index (χ1n) is 27.5. The van der Waals surface area contributed by atoms with Gasteiger partial charge in [-0.25, -0.2) is 22.5 Å². The van der Waals surface area contributed by atoms with E-state index >= 15 is 0 Å². The molecule has 2 aliphatic rings. The van der Waals surface area contributed by atoms with Crippen LogP contribution in [0.2, 0.25) is 0 Å². The number of nitrogens with zero attached hydrogens (tertiary/aromatic N) is 8. The number of likely N-dealkylation sites (tertiary alicyclic amines) is 1. The van der Waals surface area contributed by atoms with E-state index in [9.17, 15) is 36.7 Å². The Bertz CT molecular complexity index is 3920. The second kappa shape index (κ2) is 28.7. The summed E-state index contributed by atoms with van der Waals surface area (Å²) in [6.45, 7) is 8.70. The molecule has 10 rings (SSSR count). The molecule has 0 radical (unpaired) electrons. The third-order valence-electron chi connectivity index (χ3n) is 14.3. The number of pyridine rings is 3. The lowest BCUT2D eigenvalue weighted by atomic mass is 9.99. The largest absolute Gasteiger partial charge is 0.493 e. The van der Waals surface area contributed by atoms with Gasteiger partial charge in [0.15, 0.2) is 23.3 Å². The molecular formula is C64H62F4N10O6. The Labute approximate surface area is 483 Å². The molecule has 16 nitrogen and oxygen atoms in total. The van der Waals surface area contributed by atoms with Crippen molar-refractivity contribution in [3.8, 4) is 35.2 Å². The van der Waals surface area contributed by atoms with Gasteiger partial charge in [0.25, 0.3) is 22.9 Å². The van der Waals surface area contributed by atoms with Crippen molar-refractivity contribution < 1.29 is 36.6 Å². The number of halogens is 4. The quantitative estimate of drug-likeness (QED) is 0.0571. The molecule has 4 aromatic carbocycles. The zero-order valence-corrected chi connectivity index (χ0v) is 46.6. The summed E-state index contributed by atoms with van der Waals surface area (Å²) < 4.78 is 68.3. The molecule has 0 aliphatic carbocycles. The minimum Gasteiger partial charge on any atom is -0.493 e. The number of amides is 2. The first-order valence-corrected chi connectivity index (χ1v) is 27.5. The Hall–Kier alpha value is -9.21. The number of carbonyl (C=O) groups is 2. The van der Waals surface area contributed by atoms with Gasteiger partial charge in [-0.3, -0.25) is 33.7 Å². The second-order valence-electron chi connectivity index (χ2n) is 20.6. The van der Waals surface area contributed by atoms with E-state index in [-0.39, 0.29) is 37.3 Å². The summed E-state index contributed by atoms with van der Waals surface area (Å²) in [7, 11) is 4.28. The van der Waals surface area contributed by atoms with Gasteiger partial charge < -0.3 is 39.4 Å². The van der Waals surface area contributed by atoms with Crippen molar-refractivity contribution in [1.29, 1.82) is 0 Å². The van der Waals surface area contributed by atoms with Crippen LogP contribution in [0.3, 0.4) is 0 Å². The van der Waals surface area contributed by atoms with Gasteiger partial charge in [0.05, 0.1) is 56.8 Å². The fraction of sp³-hybridized carbons (Fsp3) is 0.297. The van der Waals surface area contributed by atoms with Gasteiger partial charge in [0, 0.05) is 91.9 Å². The zero-order valence-electron chi connectivity index (χ0n) is 46.6. The molecule has 0 bridgehead atoms. The van der Waals surface area contributed by atoms with Crippen LogP contribution in [0.1, 0.15) is 62.2 Å². The lowest BCUT2D eigenvalue weighted by Crippen LogP contribution is -2.44. The summed E-state index contributed by atoms with van der Waals surface area (Å²) in [5.74, 6) is 8.73. The number of piperazine rings is 1. The summed E-state index contributed by atoms with van der Waals surface area (Å²) in [5, 5.41) is 6.99. The number of ether oxygens (including phenoxy) is 2. The van der Waals surface area contributed by atoms with Crippen molar-refractivity contribution in [2.45, 2.75) is 32.4 Å². The Kier molecular flexibility index (Phi) is 20.3. The van der Waals surface area contributed by atoms with Crippen molar-refractivity contribution in [1.82, 2.24) is 49.4 Å². The number of hydrogen-bond acceptors (Lipinski definition) is 12. The monoisotopic (exact) mass is 1140 g/mol. The van der Waals surface area contributed by atoms with E-state index in [4.69, 9.17) is 9.47 Å². The molecule has 20 heteroatoms. The Balaban J connectivity index is 0.000000202. The molecule has 2 saturated heterocycles. The van der Waals surface area contributed by atoms with Crippen LogP contribution in [0.25, 0.3) is 21.8 Å². The lowest BCUT2D eigenvalue weighted by Gasteiger charge is -2.32. The maximum Gasteiger partial charge on any atom is 0.266 e. The first-order chi connectivity index (χ1) is 40.7. The summed E-state index contributed by atoms with van der Waals surface area (Å²) >= 11 is 0. The van der Waals surface area contributed by atoms with E-state index < -0.39 is 46.2 Å². The summed E-state index contributed by atoms with van der Waals surface area (Å²) in [4.78, 5) is 70.9. The van der Waals surface area contributed by atoms with Crippen LogP contribution in [0.5, 0.6) is 11.5 Å². The van der Waals surface area contributed by atoms with Crippen LogP contribution in [0, 0.1) is 52.9 Å². The van der Waals surface area contributed by atoms with Crippen molar-refractivity contribution in [3.05, 3.63) is 206 Å². The number of rotatable bonds is 16. The lowest BCUT2D eigenvalue weighted by molar-refractivity contribution is 0.0948. The molecule has 0 spiro atoms. The van der Waals surface area contributed by atoms with Crippen LogP contribution < -0.4 is 31.2 Å². The number of fused-ring (bicyclic) bond motifs is 2. The third-order valence-corrected chi connectivity index (χ3v) is 14.3. The van der Waals surface area contributed by atoms with Crippen molar-refractivity contribution in [2.24, 2.45) is 5.92 Å². The minimum absolute atomic E-state index is 0.00279. The van der Waals surface area contributed by atoms with Gasteiger partial charge in [-0.2, -0.15) is 0 Å². The number of likely N-dealkylation sites (N-methyl/N-ethyl adjacent to an activating group) is 1. The molecule has 84 heavy (non-hydrogen) atoms. The van der Waals surface area contributed by atoms with Crippen LogP contribution in [-0.2, 0) is 13.1 Å². The third kappa shape index (κ3) is 16.1. The molecule has 1 atom stereocenters. The number of piperidine rings is 1. The first kappa shape index (κ1) is 59.4. The van der Waals surface area contributed by atoms with Gasteiger partial charge in [0.2, 0.25) is 0 Å². The second-order valence-corrected chi connectivity index (χ2v) is 20.6. The molecule has 2 fully saturated rings.